The number of hydrogen-bond donors (Lipinski definition) is 1. The summed E-state index contributed by atoms with van der Waals surface area (Å²) in [4.78, 5) is 17.9. The van der Waals surface area contributed by atoms with Crippen LogP contribution in [0, 0.1) is 0 Å². The van der Waals surface area contributed by atoms with Gasteiger partial charge in [-0.15, -0.1) is 0 Å². The van der Waals surface area contributed by atoms with Crippen LogP contribution in [0.1, 0.15) is 15.9 Å². The minimum atomic E-state index is -0.00336. The molecule has 0 radical (unpaired) electrons. The lowest BCUT2D eigenvalue weighted by Gasteiger charge is -2.16. The largest absolute Gasteiger partial charge is 0.354 e. The van der Waals surface area contributed by atoms with Gasteiger partial charge in [0.2, 0.25) is 0 Å². The molecule has 5 rings (SSSR count). The zero-order chi connectivity index (χ0) is 19.6. The molecule has 0 amide bonds. The van der Waals surface area contributed by atoms with Gasteiger partial charge in [-0.25, -0.2) is 4.98 Å². The van der Waals surface area contributed by atoms with Gasteiger partial charge >= 0.3 is 0 Å². The van der Waals surface area contributed by atoms with E-state index < -0.39 is 0 Å². The molecule has 0 bridgehead atoms. The van der Waals surface area contributed by atoms with Gasteiger partial charge in [-0.1, -0.05) is 78.9 Å². The summed E-state index contributed by atoms with van der Waals surface area (Å²) in [5, 5.41) is 5.59. The highest BCUT2D eigenvalue weighted by molar-refractivity contribution is 6.14. The Hall–Kier alpha value is -3.98. The molecule has 0 atom stereocenters. The van der Waals surface area contributed by atoms with Crippen molar-refractivity contribution in [1.82, 2.24) is 4.98 Å². The molecule has 3 nitrogen and oxygen atoms in total. The maximum absolute atomic E-state index is 13.1. The number of hydrogen-bond acceptors (Lipinski definition) is 3. The lowest BCUT2D eigenvalue weighted by molar-refractivity contribution is 0.103. The third-order valence-electron chi connectivity index (χ3n) is 5.06. The first-order valence-electron chi connectivity index (χ1n) is 9.54. The number of ketones is 1. The van der Waals surface area contributed by atoms with Crippen molar-refractivity contribution >= 4 is 39.0 Å². The van der Waals surface area contributed by atoms with Gasteiger partial charge in [0.05, 0.1) is 16.7 Å². The first-order chi connectivity index (χ1) is 14.3. The Balaban J connectivity index is 1.68. The van der Waals surface area contributed by atoms with Crippen LogP contribution in [0.2, 0.25) is 0 Å². The van der Waals surface area contributed by atoms with Gasteiger partial charge in [0.1, 0.15) is 0 Å². The van der Waals surface area contributed by atoms with E-state index in [-0.39, 0.29) is 5.78 Å². The first kappa shape index (κ1) is 17.1. The average Bonchev–Trinajstić information content (AvgIpc) is 2.79. The van der Waals surface area contributed by atoms with E-state index >= 15 is 0 Å². The van der Waals surface area contributed by atoms with Crippen LogP contribution in [0.25, 0.3) is 21.8 Å². The number of rotatable bonds is 4. The fourth-order valence-corrected chi connectivity index (χ4v) is 3.64. The molecule has 0 unspecified atom stereocenters. The lowest BCUT2D eigenvalue weighted by atomic mass is 10.0. The second-order valence-electron chi connectivity index (χ2n) is 6.89. The predicted molar refractivity (Wildman–Crippen MR) is 119 cm³/mol. The second kappa shape index (κ2) is 7.21. The molecule has 3 heteroatoms. The topological polar surface area (TPSA) is 42.0 Å². The number of carbonyl (C=O) groups excluding carboxylic acids is 1. The van der Waals surface area contributed by atoms with Gasteiger partial charge in [-0.05, 0) is 24.3 Å². The summed E-state index contributed by atoms with van der Waals surface area (Å²) in [6.07, 6.45) is 0. The van der Waals surface area contributed by atoms with Crippen LogP contribution in [0.4, 0.5) is 11.4 Å². The van der Waals surface area contributed by atoms with Crippen LogP contribution in [0.5, 0.6) is 0 Å². The Morgan fingerprint density at radius 2 is 1.17 bits per heavy atom. The maximum atomic E-state index is 13.1. The molecule has 1 N–H and O–H groups in total. The van der Waals surface area contributed by atoms with Crippen molar-refractivity contribution in [1.29, 1.82) is 0 Å². The van der Waals surface area contributed by atoms with Gasteiger partial charge in [0, 0.05) is 27.6 Å². The second-order valence-corrected chi connectivity index (χ2v) is 6.89. The normalized spacial score (nSPS) is 10.9. The molecule has 0 fully saturated rings. The van der Waals surface area contributed by atoms with Crippen LogP contribution in [0.15, 0.2) is 103 Å². The van der Waals surface area contributed by atoms with Gasteiger partial charge in [-0.2, -0.15) is 0 Å². The highest BCUT2D eigenvalue weighted by Gasteiger charge is 2.15. The van der Waals surface area contributed by atoms with Crippen LogP contribution >= 0.6 is 0 Å². The fraction of sp³-hybridized carbons (Fsp3) is 0. The number of pyridine rings is 1. The molecule has 0 saturated heterocycles. The quantitative estimate of drug-likeness (QED) is 0.294. The Morgan fingerprint density at radius 1 is 0.621 bits per heavy atom. The molecule has 0 aliphatic carbocycles. The number of anilines is 2. The molecule has 0 aliphatic heterocycles. The highest BCUT2D eigenvalue weighted by Crippen LogP contribution is 2.34. The molecule has 5 aromatic rings. The van der Waals surface area contributed by atoms with Crippen LogP contribution in [-0.2, 0) is 0 Å². The Bertz CT molecular complexity index is 1290. The molecule has 1 heterocycles. The van der Waals surface area contributed by atoms with Crippen molar-refractivity contribution in [3.8, 4) is 0 Å². The molecule has 0 aliphatic rings. The summed E-state index contributed by atoms with van der Waals surface area (Å²) in [6.45, 7) is 0. The van der Waals surface area contributed by atoms with Gasteiger partial charge in [0.15, 0.2) is 5.78 Å². The van der Waals surface area contributed by atoms with E-state index in [0.29, 0.717) is 11.1 Å². The minimum Gasteiger partial charge on any atom is -0.354 e. The van der Waals surface area contributed by atoms with E-state index in [9.17, 15) is 4.79 Å². The molecule has 4 aromatic carbocycles. The smallest absolute Gasteiger partial charge is 0.195 e. The van der Waals surface area contributed by atoms with Gasteiger partial charge in [0.25, 0.3) is 0 Å². The monoisotopic (exact) mass is 374 g/mol. The third kappa shape index (κ3) is 3.13. The van der Waals surface area contributed by atoms with E-state index in [1.54, 1.807) is 0 Å². The van der Waals surface area contributed by atoms with Crippen LogP contribution in [-0.4, -0.2) is 10.8 Å². The number of fused-ring (bicyclic) bond motifs is 2. The standard InChI is InChI=1S/C26H18N2O/c29-26(18-10-2-1-3-11-18)21-14-6-9-17-24(21)28-25-19-12-4-7-15-22(19)27-23-16-8-5-13-20(23)25/h1-17H,(H,27,28). The van der Waals surface area contributed by atoms with E-state index in [2.05, 4.69) is 17.4 Å². The van der Waals surface area contributed by atoms with Gasteiger partial charge < -0.3 is 5.32 Å². The number of aromatic nitrogens is 1. The molecule has 0 spiro atoms. The van der Waals surface area contributed by atoms with Crippen molar-refractivity contribution in [2.45, 2.75) is 0 Å². The van der Waals surface area contributed by atoms with Crippen molar-refractivity contribution in [3.05, 3.63) is 114 Å². The summed E-state index contributed by atoms with van der Waals surface area (Å²) < 4.78 is 0. The molecule has 138 valence electrons. The van der Waals surface area contributed by atoms with Crippen molar-refractivity contribution in [2.75, 3.05) is 5.32 Å². The maximum Gasteiger partial charge on any atom is 0.195 e. The molecule has 29 heavy (non-hydrogen) atoms. The summed E-state index contributed by atoms with van der Waals surface area (Å²) in [6, 6.07) is 33.1. The van der Waals surface area contributed by atoms with Crippen molar-refractivity contribution in [3.63, 3.8) is 0 Å². The Labute approximate surface area is 168 Å². The predicted octanol–water partition coefficient (Wildman–Crippen LogP) is 6.36. The zero-order valence-electron chi connectivity index (χ0n) is 15.7. The third-order valence-corrected chi connectivity index (χ3v) is 5.06. The molecular weight excluding hydrogens is 356 g/mol. The van der Waals surface area contributed by atoms with Crippen LogP contribution < -0.4 is 5.32 Å². The van der Waals surface area contributed by atoms with Crippen molar-refractivity contribution in [2.24, 2.45) is 0 Å². The zero-order valence-corrected chi connectivity index (χ0v) is 15.7. The highest BCUT2D eigenvalue weighted by atomic mass is 16.1. The molecular formula is C26H18N2O. The summed E-state index contributed by atoms with van der Waals surface area (Å²) in [5.41, 5.74) is 4.89. The van der Waals surface area contributed by atoms with E-state index in [1.165, 1.54) is 0 Å². The fourth-order valence-electron chi connectivity index (χ4n) is 3.64. The molecule has 0 saturated carbocycles. The minimum absolute atomic E-state index is 0.00336. The van der Waals surface area contributed by atoms with E-state index in [4.69, 9.17) is 4.98 Å². The SMILES string of the molecule is O=C(c1ccccc1)c1ccccc1Nc1c2ccccc2nc2ccccc12. The van der Waals surface area contributed by atoms with E-state index in [1.807, 2.05) is 91.0 Å². The number of para-hydroxylation sites is 3. The first-order valence-corrected chi connectivity index (χ1v) is 9.54. The summed E-state index contributed by atoms with van der Waals surface area (Å²) in [5.74, 6) is -0.00336. The number of carbonyl (C=O) groups is 1. The average molecular weight is 374 g/mol. The Morgan fingerprint density at radius 3 is 1.86 bits per heavy atom. The summed E-state index contributed by atoms with van der Waals surface area (Å²) in [7, 11) is 0. The number of nitrogens with zero attached hydrogens (tertiary/aromatic N) is 1. The van der Waals surface area contributed by atoms with Crippen molar-refractivity contribution < 1.29 is 4.79 Å². The molecule has 1 aromatic heterocycles. The lowest BCUT2D eigenvalue weighted by Crippen LogP contribution is -2.06. The summed E-state index contributed by atoms with van der Waals surface area (Å²) >= 11 is 0. The number of nitrogens with one attached hydrogen (secondary N) is 1. The van der Waals surface area contributed by atoms with E-state index in [0.717, 1.165) is 33.2 Å². The Kier molecular flexibility index (Phi) is 4.26. The van der Waals surface area contributed by atoms with Crippen LogP contribution in [0.3, 0.4) is 0 Å². The van der Waals surface area contributed by atoms with Gasteiger partial charge in [-0.3, -0.25) is 4.79 Å². The number of benzene rings is 4.